The van der Waals surface area contributed by atoms with Crippen molar-refractivity contribution in [3.63, 3.8) is 0 Å². The summed E-state index contributed by atoms with van der Waals surface area (Å²) in [6.07, 6.45) is 6.29. The lowest BCUT2D eigenvalue weighted by Crippen LogP contribution is -1.92. The second-order valence-electron chi connectivity index (χ2n) is 5.81. The number of hydrogen-bond acceptors (Lipinski definition) is 0. The molecule has 0 atom stereocenters. The third-order valence-electron chi connectivity index (χ3n) is 3.71. The Morgan fingerprint density at radius 1 is 0.826 bits per heavy atom. The molecule has 0 aromatic heterocycles. The van der Waals surface area contributed by atoms with Crippen LogP contribution >= 0.6 is 0 Å². The van der Waals surface area contributed by atoms with Crippen molar-refractivity contribution < 1.29 is 0 Å². The average Bonchev–Trinajstić information content (AvgIpc) is 2.61. The summed E-state index contributed by atoms with van der Waals surface area (Å²) in [7, 11) is 0. The lowest BCUT2D eigenvalue weighted by molar-refractivity contribution is 0.959. The van der Waals surface area contributed by atoms with Crippen LogP contribution in [0.5, 0.6) is 0 Å². The van der Waals surface area contributed by atoms with Crippen molar-refractivity contribution in [3.05, 3.63) is 83.9 Å². The van der Waals surface area contributed by atoms with Crippen LogP contribution in [0.4, 0.5) is 0 Å². The van der Waals surface area contributed by atoms with Crippen LogP contribution in [0.2, 0.25) is 0 Å². The lowest BCUT2D eigenvalue weighted by Gasteiger charge is -2.06. The van der Waals surface area contributed by atoms with Crippen LogP contribution in [-0.2, 0) is 12.8 Å². The molecule has 0 aliphatic heterocycles. The van der Waals surface area contributed by atoms with Crippen LogP contribution in [0.3, 0.4) is 0 Å². The van der Waals surface area contributed by atoms with Gasteiger partial charge < -0.3 is 0 Å². The third kappa shape index (κ3) is 6.69. The Balaban J connectivity index is 0.000000816. The minimum Gasteiger partial charge on any atom is -0.0985 e. The summed E-state index contributed by atoms with van der Waals surface area (Å²) < 4.78 is 0. The molecule has 2 rings (SSSR count). The highest BCUT2D eigenvalue weighted by Crippen LogP contribution is 2.17. The van der Waals surface area contributed by atoms with E-state index in [9.17, 15) is 0 Å². The average molecular weight is 306 g/mol. The molecule has 2 aromatic carbocycles. The summed E-state index contributed by atoms with van der Waals surface area (Å²) in [5, 5.41) is 0. The first-order chi connectivity index (χ1) is 11.1. The molecule has 0 unspecified atom stereocenters. The van der Waals surface area contributed by atoms with E-state index in [0.717, 1.165) is 19.3 Å². The standard InChI is InChI=1S/C20H22.C3H8/c1-4-16(3)20-14-12-19(13-15-20)11-10-18-8-6-17(5-2)7-9-18;1-3-2/h5-9,12-15H,2-4,10-11H2,1H3;3H2,1-2H3. The van der Waals surface area contributed by atoms with Gasteiger partial charge >= 0.3 is 0 Å². The molecule has 0 bridgehead atoms. The largest absolute Gasteiger partial charge is 0.0985 e. The van der Waals surface area contributed by atoms with Crippen molar-refractivity contribution in [1.29, 1.82) is 0 Å². The van der Waals surface area contributed by atoms with Crippen LogP contribution in [0.1, 0.15) is 55.9 Å². The Morgan fingerprint density at radius 3 is 1.65 bits per heavy atom. The number of hydrogen-bond donors (Lipinski definition) is 0. The minimum atomic E-state index is 1.01. The van der Waals surface area contributed by atoms with Crippen molar-refractivity contribution in [2.45, 2.75) is 46.5 Å². The summed E-state index contributed by atoms with van der Waals surface area (Å²) in [5.74, 6) is 0. The van der Waals surface area contributed by atoms with Crippen LogP contribution in [0.25, 0.3) is 11.6 Å². The maximum absolute atomic E-state index is 4.07. The molecule has 0 heterocycles. The second kappa shape index (κ2) is 10.6. The second-order valence-corrected chi connectivity index (χ2v) is 5.81. The van der Waals surface area contributed by atoms with Gasteiger partial charge in [0.25, 0.3) is 0 Å². The van der Waals surface area contributed by atoms with Crippen molar-refractivity contribution in [2.75, 3.05) is 0 Å². The monoisotopic (exact) mass is 306 g/mol. The number of rotatable bonds is 6. The molecule has 0 aliphatic rings. The van der Waals surface area contributed by atoms with Crippen molar-refractivity contribution in [3.8, 4) is 0 Å². The van der Waals surface area contributed by atoms with Gasteiger partial charge in [-0.25, -0.2) is 0 Å². The number of aryl methyl sites for hydroxylation is 2. The van der Waals surface area contributed by atoms with E-state index in [1.165, 1.54) is 34.2 Å². The van der Waals surface area contributed by atoms with Crippen LogP contribution in [-0.4, -0.2) is 0 Å². The first-order valence-corrected chi connectivity index (χ1v) is 8.63. The van der Waals surface area contributed by atoms with E-state index < -0.39 is 0 Å². The van der Waals surface area contributed by atoms with Crippen LogP contribution in [0.15, 0.2) is 61.7 Å². The highest BCUT2D eigenvalue weighted by Gasteiger charge is 1.99. The SMILES string of the molecule is C=Cc1ccc(CCc2ccc(C(=C)CC)cc2)cc1.CCC. The molecule has 0 fully saturated rings. The molecule has 0 nitrogen and oxygen atoms in total. The van der Waals surface area contributed by atoms with Crippen molar-refractivity contribution in [2.24, 2.45) is 0 Å². The maximum Gasteiger partial charge on any atom is -0.0230 e. The van der Waals surface area contributed by atoms with Gasteiger partial charge in [-0.3, -0.25) is 0 Å². The maximum atomic E-state index is 4.07. The van der Waals surface area contributed by atoms with Gasteiger partial charge in [0.1, 0.15) is 0 Å². The molecule has 0 spiro atoms. The fourth-order valence-electron chi connectivity index (χ4n) is 2.22. The molecular weight excluding hydrogens is 276 g/mol. The summed E-state index contributed by atoms with van der Waals surface area (Å²) in [4.78, 5) is 0. The van der Waals surface area contributed by atoms with Gasteiger partial charge in [-0.1, -0.05) is 95.0 Å². The van der Waals surface area contributed by atoms with E-state index >= 15 is 0 Å². The van der Waals surface area contributed by atoms with Crippen molar-refractivity contribution >= 4 is 11.6 Å². The van der Waals surface area contributed by atoms with E-state index in [1.54, 1.807) is 0 Å². The zero-order chi connectivity index (χ0) is 17.1. The summed E-state index contributed by atoms with van der Waals surface area (Å²) in [5.41, 5.74) is 6.39. The van der Waals surface area contributed by atoms with Crippen molar-refractivity contribution in [1.82, 2.24) is 0 Å². The van der Waals surface area contributed by atoms with E-state index in [2.05, 4.69) is 82.5 Å². The normalized spacial score (nSPS) is 9.70. The topological polar surface area (TPSA) is 0 Å². The zero-order valence-electron chi connectivity index (χ0n) is 14.9. The van der Waals surface area contributed by atoms with Gasteiger partial charge in [0, 0.05) is 0 Å². The fraction of sp³-hybridized carbons (Fsp3) is 0.304. The molecular formula is C23H30. The summed E-state index contributed by atoms with van der Waals surface area (Å²) >= 11 is 0. The van der Waals surface area contributed by atoms with Crippen LogP contribution < -0.4 is 0 Å². The minimum absolute atomic E-state index is 1.01. The predicted octanol–water partition coefficient (Wildman–Crippen LogP) is 6.95. The Bertz CT molecular complexity index is 585. The lowest BCUT2D eigenvalue weighted by atomic mass is 10.00. The Labute approximate surface area is 142 Å². The molecule has 0 N–H and O–H groups in total. The van der Waals surface area contributed by atoms with Gasteiger partial charge in [0.2, 0.25) is 0 Å². The van der Waals surface area contributed by atoms with Gasteiger partial charge in [-0.2, -0.15) is 0 Å². The Hall–Kier alpha value is -2.08. The highest BCUT2D eigenvalue weighted by atomic mass is 14.0. The fourth-order valence-corrected chi connectivity index (χ4v) is 2.22. The third-order valence-corrected chi connectivity index (χ3v) is 3.71. The van der Waals surface area contributed by atoms with Gasteiger partial charge in [0.15, 0.2) is 0 Å². The Kier molecular flexibility index (Phi) is 8.75. The number of allylic oxidation sites excluding steroid dienone is 1. The van der Waals surface area contributed by atoms with Gasteiger partial charge in [-0.15, -0.1) is 0 Å². The predicted molar refractivity (Wildman–Crippen MR) is 106 cm³/mol. The molecule has 0 amide bonds. The van der Waals surface area contributed by atoms with E-state index in [-0.39, 0.29) is 0 Å². The Morgan fingerprint density at radius 2 is 1.26 bits per heavy atom. The zero-order valence-corrected chi connectivity index (χ0v) is 14.9. The summed E-state index contributed by atoms with van der Waals surface area (Å²) in [6, 6.07) is 17.4. The number of benzene rings is 2. The van der Waals surface area contributed by atoms with Gasteiger partial charge in [-0.05, 0) is 47.1 Å². The first-order valence-electron chi connectivity index (χ1n) is 8.63. The molecule has 23 heavy (non-hydrogen) atoms. The molecule has 122 valence electrons. The molecule has 0 radical (unpaired) electrons. The molecule has 0 aliphatic carbocycles. The van der Waals surface area contributed by atoms with Gasteiger partial charge in [0.05, 0.1) is 0 Å². The van der Waals surface area contributed by atoms with E-state index in [1.807, 2.05) is 6.08 Å². The van der Waals surface area contributed by atoms with Crippen LogP contribution in [0, 0.1) is 0 Å². The molecule has 0 saturated carbocycles. The molecule has 2 aromatic rings. The quantitative estimate of drug-likeness (QED) is 0.541. The highest BCUT2D eigenvalue weighted by molar-refractivity contribution is 5.63. The van der Waals surface area contributed by atoms with E-state index in [0.29, 0.717) is 0 Å². The van der Waals surface area contributed by atoms with E-state index in [4.69, 9.17) is 0 Å². The first kappa shape index (κ1) is 19.0. The molecule has 0 heteroatoms. The summed E-state index contributed by atoms with van der Waals surface area (Å²) in [6.45, 7) is 14.2. The smallest absolute Gasteiger partial charge is 0.0230 e. The molecule has 0 saturated heterocycles.